The number of halogens is 2. The molecule has 0 aliphatic carbocycles. The number of anilines is 1. The maximum Gasteiger partial charge on any atom is 0.0847 e. The molecule has 0 bridgehead atoms. The number of nitrogen functional groups attached to an aromatic ring is 1. The highest BCUT2D eigenvalue weighted by Crippen LogP contribution is 2.24. The van der Waals surface area contributed by atoms with Gasteiger partial charge in [0.1, 0.15) is 0 Å². The molecule has 2 rings (SSSR count). The van der Waals surface area contributed by atoms with Gasteiger partial charge in [0.05, 0.1) is 28.8 Å². The lowest BCUT2D eigenvalue weighted by Crippen LogP contribution is -1.95. The van der Waals surface area contributed by atoms with Crippen LogP contribution in [0.2, 0.25) is 10.0 Å². The van der Waals surface area contributed by atoms with Crippen LogP contribution in [0.5, 0.6) is 0 Å². The smallest absolute Gasteiger partial charge is 0.0847 e. The molecule has 0 saturated carbocycles. The molecule has 5 heteroatoms. The number of hydrogen-bond donors (Lipinski definition) is 1. The van der Waals surface area contributed by atoms with E-state index in [4.69, 9.17) is 28.9 Å². The fraction of sp³-hybridized carbons (Fsp3) is 0. The number of benzene rings is 1. The zero-order valence-corrected chi connectivity index (χ0v) is 8.63. The van der Waals surface area contributed by atoms with Crippen molar-refractivity contribution in [1.29, 1.82) is 0 Å². The van der Waals surface area contributed by atoms with Crippen LogP contribution in [0.1, 0.15) is 0 Å². The van der Waals surface area contributed by atoms with E-state index in [1.807, 2.05) is 0 Å². The second-order valence-electron chi connectivity index (χ2n) is 2.81. The molecule has 0 radical (unpaired) electrons. The Hall–Kier alpha value is -1.19. The molecule has 0 fully saturated rings. The highest BCUT2D eigenvalue weighted by molar-refractivity contribution is 6.34. The van der Waals surface area contributed by atoms with Crippen molar-refractivity contribution in [2.75, 3.05) is 5.73 Å². The summed E-state index contributed by atoms with van der Waals surface area (Å²) in [5.74, 6) is 0. The molecule has 0 aliphatic heterocycles. The van der Waals surface area contributed by atoms with Crippen LogP contribution in [0.15, 0.2) is 30.6 Å². The van der Waals surface area contributed by atoms with E-state index in [-0.39, 0.29) is 0 Å². The Morgan fingerprint density at radius 3 is 2.71 bits per heavy atom. The van der Waals surface area contributed by atoms with Gasteiger partial charge in [0.15, 0.2) is 0 Å². The molecule has 14 heavy (non-hydrogen) atoms. The third kappa shape index (κ3) is 1.69. The van der Waals surface area contributed by atoms with E-state index >= 15 is 0 Å². The Labute approximate surface area is 91.0 Å². The highest BCUT2D eigenvalue weighted by atomic mass is 35.5. The number of nitrogens with zero attached hydrogens (tertiary/aromatic N) is 2. The van der Waals surface area contributed by atoms with Crippen molar-refractivity contribution in [2.45, 2.75) is 0 Å². The Bertz CT molecular complexity index is 465. The van der Waals surface area contributed by atoms with Gasteiger partial charge in [-0.2, -0.15) is 5.10 Å². The largest absolute Gasteiger partial charge is 0.396 e. The van der Waals surface area contributed by atoms with E-state index in [9.17, 15) is 0 Å². The summed E-state index contributed by atoms with van der Waals surface area (Å²) >= 11 is 11.8. The summed E-state index contributed by atoms with van der Waals surface area (Å²) in [6.07, 6.45) is 3.23. The van der Waals surface area contributed by atoms with Crippen LogP contribution in [0, 0.1) is 0 Å². The average molecular weight is 228 g/mol. The molecule has 0 amide bonds. The molecule has 0 saturated heterocycles. The summed E-state index contributed by atoms with van der Waals surface area (Å²) in [4.78, 5) is 0. The Morgan fingerprint density at radius 1 is 1.29 bits per heavy atom. The molecule has 0 unspecified atom stereocenters. The van der Waals surface area contributed by atoms with E-state index in [0.29, 0.717) is 15.7 Å². The van der Waals surface area contributed by atoms with Crippen LogP contribution < -0.4 is 5.73 Å². The average Bonchev–Trinajstić information content (AvgIpc) is 2.56. The third-order valence-corrected chi connectivity index (χ3v) is 2.31. The Kier molecular flexibility index (Phi) is 2.35. The summed E-state index contributed by atoms with van der Waals surface area (Å²) < 4.78 is 1.59. The van der Waals surface area contributed by atoms with Gasteiger partial charge in [-0.05, 0) is 18.2 Å². The maximum atomic E-state index is 5.98. The molecule has 2 N–H and O–H groups in total. The number of hydrogen-bond acceptors (Lipinski definition) is 2. The highest BCUT2D eigenvalue weighted by Gasteiger charge is 2.04. The van der Waals surface area contributed by atoms with Crippen LogP contribution in [-0.4, -0.2) is 9.78 Å². The van der Waals surface area contributed by atoms with Gasteiger partial charge in [0.25, 0.3) is 0 Å². The van der Waals surface area contributed by atoms with Gasteiger partial charge in [0, 0.05) is 5.02 Å². The standard InChI is InChI=1S/C9H7Cl2N3/c10-6-1-2-8(11)9(3-6)14-5-7(12)4-13-14/h1-5H,12H2. The van der Waals surface area contributed by atoms with Crippen molar-refractivity contribution in [3.05, 3.63) is 40.6 Å². The molecule has 2 aromatic rings. The van der Waals surface area contributed by atoms with E-state index in [2.05, 4.69) is 5.10 Å². The lowest BCUT2D eigenvalue weighted by atomic mass is 10.3. The molecule has 1 aromatic carbocycles. The minimum atomic E-state index is 0.581. The van der Waals surface area contributed by atoms with Gasteiger partial charge >= 0.3 is 0 Å². The lowest BCUT2D eigenvalue weighted by Gasteiger charge is -2.03. The Balaban J connectivity index is 2.55. The van der Waals surface area contributed by atoms with Crippen molar-refractivity contribution in [2.24, 2.45) is 0 Å². The van der Waals surface area contributed by atoms with Crippen LogP contribution in [0.3, 0.4) is 0 Å². The molecule has 72 valence electrons. The summed E-state index contributed by atoms with van der Waals surface area (Å²) in [7, 11) is 0. The molecule has 0 atom stereocenters. The van der Waals surface area contributed by atoms with Crippen LogP contribution in [0.25, 0.3) is 5.69 Å². The number of aromatic nitrogens is 2. The van der Waals surface area contributed by atoms with Gasteiger partial charge in [0.2, 0.25) is 0 Å². The molecule has 0 aliphatic rings. The second kappa shape index (κ2) is 3.52. The number of nitrogens with two attached hydrogens (primary N) is 1. The van der Waals surface area contributed by atoms with Gasteiger partial charge in [-0.25, -0.2) is 4.68 Å². The molecule has 0 spiro atoms. The molecular formula is C9H7Cl2N3. The van der Waals surface area contributed by atoms with Crippen molar-refractivity contribution >= 4 is 28.9 Å². The van der Waals surface area contributed by atoms with Gasteiger partial charge < -0.3 is 5.73 Å². The van der Waals surface area contributed by atoms with Crippen molar-refractivity contribution < 1.29 is 0 Å². The topological polar surface area (TPSA) is 43.8 Å². The summed E-state index contributed by atoms with van der Waals surface area (Å²) in [5, 5.41) is 5.23. The minimum Gasteiger partial charge on any atom is -0.396 e. The van der Waals surface area contributed by atoms with E-state index in [1.165, 1.54) is 0 Å². The van der Waals surface area contributed by atoms with Crippen molar-refractivity contribution in [3.8, 4) is 5.69 Å². The first-order chi connectivity index (χ1) is 6.66. The SMILES string of the molecule is Nc1cnn(-c2cc(Cl)ccc2Cl)c1. The summed E-state index contributed by atoms with van der Waals surface area (Å²) in [6, 6.07) is 5.17. The van der Waals surface area contributed by atoms with Crippen LogP contribution in [-0.2, 0) is 0 Å². The second-order valence-corrected chi connectivity index (χ2v) is 3.66. The predicted molar refractivity (Wildman–Crippen MR) is 58.0 cm³/mol. The summed E-state index contributed by atoms with van der Waals surface area (Å²) in [5.41, 5.74) is 6.85. The van der Waals surface area contributed by atoms with Crippen molar-refractivity contribution in [1.82, 2.24) is 9.78 Å². The molecule has 3 nitrogen and oxygen atoms in total. The number of rotatable bonds is 1. The molecule has 1 aromatic heterocycles. The van der Waals surface area contributed by atoms with E-state index in [1.54, 1.807) is 35.3 Å². The molecular weight excluding hydrogens is 221 g/mol. The quantitative estimate of drug-likeness (QED) is 0.815. The predicted octanol–water partition coefficient (Wildman–Crippen LogP) is 2.76. The fourth-order valence-corrected chi connectivity index (χ4v) is 1.50. The first-order valence-electron chi connectivity index (χ1n) is 3.92. The third-order valence-electron chi connectivity index (χ3n) is 1.76. The van der Waals surface area contributed by atoms with Gasteiger partial charge in [-0.3, -0.25) is 0 Å². The van der Waals surface area contributed by atoms with E-state index < -0.39 is 0 Å². The maximum absolute atomic E-state index is 5.98. The minimum absolute atomic E-state index is 0.581. The Morgan fingerprint density at radius 2 is 2.07 bits per heavy atom. The fourth-order valence-electron chi connectivity index (χ4n) is 1.13. The van der Waals surface area contributed by atoms with Gasteiger partial charge in [-0.15, -0.1) is 0 Å². The van der Waals surface area contributed by atoms with Crippen molar-refractivity contribution in [3.63, 3.8) is 0 Å². The summed E-state index contributed by atoms with van der Waals surface area (Å²) in [6.45, 7) is 0. The van der Waals surface area contributed by atoms with Crippen LogP contribution >= 0.6 is 23.2 Å². The lowest BCUT2D eigenvalue weighted by molar-refractivity contribution is 0.881. The normalized spacial score (nSPS) is 10.4. The molecule has 1 heterocycles. The van der Waals surface area contributed by atoms with E-state index in [0.717, 1.165) is 5.69 Å². The van der Waals surface area contributed by atoms with Crippen LogP contribution in [0.4, 0.5) is 5.69 Å². The first kappa shape index (κ1) is 9.37. The zero-order chi connectivity index (χ0) is 10.1. The zero-order valence-electron chi connectivity index (χ0n) is 7.11. The monoisotopic (exact) mass is 227 g/mol. The first-order valence-corrected chi connectivity index (χ1v) is 4.68. The van der Waals surface area contributed by atoms with Gasteiger partial charge in [-0.1, -0.05) is 23.2 Å².